The lowest BCUT2D eigenvalue weighted by Crippen LogP contribution is -2.10. The fourth-order valence-corrected chi connectivity index (χ4v) is 1.53. The lowest BCUT2D eigenvalue weighted by molar-refractivity contribution is 0.0109. The van der Waals surface area contributed by atoms with E-state index in [1.165, 1.54) is 6.92 Å². The van der Waals surface area contributed by atoms with Gasteiger partial charge in [0.2, 0.25) is 5.92 Å². The molecule has 0 heterocycles. The largest absolute Gasteiger partial charge is 0.251 e. The first kappa shape index (κ1) is 17.1. The molecule has 2 nitrogen and oxygen atoms in total. The molecule has 0 radical (unpaired) electrons. The van der Waals surface area contributed by atoms with Crippen molar-refractivity contribution < 1.29 is 21.6 Å². The molecular weight excluding hydrogens is 229 g/mol. The molecule has 0 rings (SSSR count). The summed E-state index contributed by atoms with van der Waals surface area (Å²) in [6, 6.07) is 0. The van der Waals surface area contributed by atoms with Crippen molar-refractivity contribution in [2.24, 2.45) is 0 Å². The van der Waals surface area contributed by atoms with E-state index in [0.29, 0.717) is 6.42 Å². The van der Waals surface area contributed by atoms with Crippen LogP contribution in [0.3, 0.4) is 0 Å². The van der Waals surface area contributed by atoms with Gasteiger partial charge in [-0.05, 0) is 26.7 Å². The monoisotopic (exact) mass is 248 g/mol. The second kappa shape index (κ2) is 7.96. The van der Waals surface area contributed by atoms with Crippen molar-refractivity contribution in [3.05, 3.63) is 0 Å². The summed E-state index contributed by atoms with van der Waals surface area (Å²) >= 11 is 0. The topological polar surface area (TPSA) is 34.1 Å². The van der Waals surface area contributed by atoms with Crippen LogP contribution in [0.2, 0.25) is 0 Å². The Kier molecular flexibility index (Phi) is 9.10. The van der Waals surface area contributed by atoms with E-state index >= 15 is 0 Å². The van der Waals surface area contributed by atoms with Crippen LogP contribution in [0.5, 0.6) is 0 Å². The van der Waals surface area contributed by atoms with E-state index in [1.807, 2.05) is 0 Å². The SMILES string of the molecule is CC(F)(F)CCCCS(C)(=O)=O.CCF. The number of hydrogen-bond donors (Lipinski definition) is 0. The van der Waals surface area contributed by atoms with Gasteiger partial charge < -0.3 is 0 Å². The summed E-state index contributed by atoms with van der Waals surface area (Å²) in [4.78, 5) is 0. The van der Waals surface area contributed by atoms with Gasteiger partial charge in [-0.1, -0.05) is 0 Å². The Morgan fingerprint density at radius 3 is 1.87 bits per heavy atom. The molecule has 0 N–H and O–H groups in total. The van der Waals surface area contributed by atoms with Gasteiger partial charge >= 0.3 is 0 Å². The van der Waals surface area contributed by atoms with Crippen molar-refractivity contribution in [3.63, 3.8) is 0 Å². The highest BCUT2D eigenvalue weighted by Crippen LogP contribution is 2.19. The van der Waals surface area contributed by atoms with Crippen LogP contribution < -0.4 is 0 Å². The normalized spacial score (nSPS) is 11.9. The van der Waals surface area contributed by atoms with Crippen LogP contribution in [0.15, 0.2) is 0 Å². The maximum atomic E-state index is 12.2. The molecule has 0 aromatic rings. The molecule has 0 aromatic carbocycles. The molecule has 0 atom stereocenters. The molecule has 0 aliphatic heterocycles. The third kappa shape index (κ3) is 24.8. The molecule has 0 fully saturated rings. The summed E-state index contributed by atoms with van der Waals surface area (Å²) in [6.07, 6.45) is 1.46. The standard InChI is InChI=1S/C7H14F2O2S.C2H5F/c1-7(8,9)5-3-4-6-12(2,10)11;1-2-3/h3-6H2,1-2H3;2H2,1H3. The molecule has 0 aromatic heterocycles. The van der Waals surface area contributed by atoms with Crippen molar-refractivity contribution in [1.82, 2.24) is 0 Å². The maximum Gasteiger partial charge on any atom is 0.245 e. The van der Waals surface area contributed by atoms with Gasteiger partial charge in [-0.25, -0.2) is 17.2 Å². The number of hydrogen-bond acceptors (Lipinski definition) is 2. The molecule has 0 spiro atoms. The Morgan fingerprint density at radius 2 is 1.60 bits per heavy atom. The average molecular weight is 248 g/mol. The van der Waals surface area contributed by atoms with E-state index < -0.39 is 15.8 Å². The first-order valence-electron chi connectivity index (χ1n) is 4.74. The third-order valence-electron chi connectivity index (χ3n) is 1.38. The van der Waals surface area contributed by atoms with E-state index in [9.17, 15) is 21.6 Å². The molecule has 0 aliphatic rings. The van der Waals surface area contributed by atoms with Gasteiger partial charge in [0.05, 0.1) is 6.67 Å². The predicted octanol–water partition coefficient (Wildman–Crippen LogP) is 2.83. The van der Waals surface area contributed by atoms with Crippen LogP contribution >= 0.6 is 0 Å². The van der Waals surface area contributed by atoms with Gasteiger partial charge in [0, 0.05) is 18.4 Å². The number of halogens is 3. The Hall–Kier alpha value is -0.260. The van der Waals surface area contributed by atoms with E-state index in [2.05, 4.69) is 0 Å². The van der Waals surface area contributed by atoms with Crippen molar-refractivity contribution in [1.29, 1.82) is 0 Å². The summed E-state index contributed by atoms with van der Waals surface area (Å²) in [7, 11) is -2.99. The molecular formula is C9H19F3O2S. The van der Waals surface area contributed by atoms with Gasteiger partial charge in [-0.3, -0.25) is 4.39 Å². The van der Waals surface area contributed by atoms with Gasteiger partial charge in [0.25, 0.3) is 0 Å². The number of rotatable bonds is 5. The Balaban J connectivity index is 0. The highest BCUT2D eigenvalue weighted by Gasteiger charge is 2.19. The zero-order chi connectivity index (χ0) is 12.5. The Labute approximate surface area is 89.8 Å². The minimum atomic E-state index is -2.99. The van der Waals surface area contributed by atoms with Gasteiger partial charge in [-0.2, -0.15) is 0 Å². The molecule has 94 valence electrons. The van der Waals surface area contributed by atoms with E-state index in [4.69, 9.17) is 0 Å². The van der Waals surface area contributed by atoms with Crippen LogP contribution in [-0.2, 0) is 9.84 Å². The number of unbranched alkanes of at least 4 members (excludes halogenated alkanes) is 1. The van der Waals surface area contributed by atoms with Crippen molar-refractivity contribution in [3.8, 4) is 0 Å². The second-order valence-electron chi connectivity index (χ2n) is 3.42. The molecule has 6 heteroatoms. The number of sulfone groups is 1. The number of alkyl halides is 3. The molecule has 0 aliphatic carbocycles. The lowest BCUT2D eigenvalue weighted by Gasteiger charge is -2.08. The summed E-state index contributed by atoms with van der Waals surface area (Å²) in [5.74, 6) is -2.67. The molecule has 0 unspecified atom stereocenters. The van der Waals surface area contributed by atoms with E-state index in [1.54, 1.807) is 0 Å². The zero-order valence-corrected chi connectivity index (χ0v) is 10.2. The van der Waals surface area contributed by atoms with E-state index in [0.717, 1.165) is 13.2 Å². The highest BCUT2D eigenvalue weighted by atomic mass is 32.2. The molecule has 0 saturated heterocycles. The van der Waals surface area contributed by atoms with Crippen molar-refractivity contribution >= 4 is 9.84 Å². The molecule has 0 amide bonds. The van der Waals surface area contributed by atoms with Gasteiger partial charge in [-0.15, -0.1) is 0 Å². The summed E-state index contributed by atoms with van der Waals surface area (Å²) in [5.41, 5.74) is 0. The summed E-state index contributed by atoms with van der Waals surface area (Å²) in [5, 5.41) is 0. The van der Waals surface area contributed by atoms with Crippen LogP contribution in [0.4, 0.5) is 13.2 Å². The Bertz CT molecular complexity index is 232. The molecule has 0 saturated carbocycles. The highest BCUT2D eigenvalue weighted by molar-refractivity contribution is 7.90. The minimum absolute atomic E-state index is 0.00306. The lowest BCUT2D eigenvalue weighted by atomic mass is 10.2. The van der Waals surface area contributed by atoms with Crippen LogP contribution in [0.1, 0.15) is 33.1 Å². The summed E-state index contributed by atoms with van der Waals surface area (Å²) in [6.45, 7) is 2.05. The molecule has 0 bridgehead atoms. The summed E-state index contributed by atoms with van der Waals surface area (Å²) < 4.78 is 55.8. The smallest absolute Gasteiger partial charge is 0.245 e. The fourth-order valence-electron chi connectivity index (χ4n) is 0.800. The quantitative estimate of drug-likeness (QED) is 0.701. The first-order valence-corrected chi connectivity index (χ1v) is 6.80. The van der Waals surface area contributed by atoms with Crippen molar-refractivity contribution in [2.45, 2.75) is 39.0 Å². The minimum Gasteiger partial charge on any atom is -0.251 e. The second-order valence-corrected chi connectivity index (χ2v) is 5.68. The predicted molar refractivity (Wildman–Crippen MR) is 55.8 cm³/mol. The van der Waals surface area contributed by atoms with Gasteiger partial charge in [0.15, 0.2) is 0 Å². The Morgan fingerprint density at radius 1 is 1.20 bits per heavy atom. The van der Waals surface area contributed by atoms with Crippen molar-refractivity contribution in [2.75, 3.05) is 18.7 Å². The van der Waals surface area contributed by atoms with Crippen LogP contribution in [0.25, 0.3) is 0 Å². The maximum absolute atomic E-state index is 12.2. The first-order chi connectivity index (χ1) is 6.62. The van der Waals surface area contributed by atoms with E-state index in [-0.39, 0.29) is 25.3 Å². The van der Waals surface area contributed by atoms with Crippen LogP contribution in [-0.4, -0.2) is 33.0 Å². The van der Waals surface area contributed by atoms with Gasteiger partial charge in [0.1, 0.15) is 9.84 Å². The van der Waals surface area contributed by atoms with Crippen LogP contribution in [0, 0.1) is 0 Å². The fraction of sp³-hybridized carbons (Fsp3) is 1.00. The average Bonchev–Trinajstić information content (AvgIpc) is 1.96. The third-order valence-corrected chi connectivity index (χ3v) is 2.41. The molecule has 15 heavy (non-hydrogen) atoms. The zero-order valence-electron chi connectivity index (χ0n) is 9.39.